The fourth-order valence-corrected chi connectivity index (χ4v) is 1.38. The summed E-state index contributed by atoms with van der Waals surface area (Å²) < 4.78 is 0. The molecule has 0 unspecified atom stereocenters. The third-order valence-corrected chi connectivity index (χ3v) is 2.34. The van der Waals surface area contributed by atoms with Crippen LogP contribution in [0.3, 0.4) is 0 Å². The largest absolute Gasteiger partial charge is 0.398 e. The lowest BCUT2D eigenvalue weighted by atomic mass is 10.2. The van der Waals surface area contributed by atoms with E-state index in [-0.39, 0.29) is 0 Å². The maximum atomic E-state index is 5.93. The highest BCUT2D eigenvalue weighted by molar-refractivity contribution is 6.31. The summed E-state index contributed by atoms with van der Waals surface area (Å²) in [5.41, 5.74) is 7.77. The van der Waals surface area contributed by atoms with Crippen molar-refractivity contribution >= 4 is 17.3 Å². The summed E-state index contributed by atoms with van der Waals surface area (Å²) in [5, 5.41) is 0.546. The molecule has 0 spiro atoms. The molecule has 0 aliphatic rings. The number of halogens is 1. The van der Waals surface area contributed by atoms with Gasteiger partial charge in [-0.2, -0.15) is 0 Å². The van der Waals surface area contributed by atoms with Crippen LogP contribution >= 0.6 is 11.6 Å². The van der Waals surface area contributed by atoms with E-state index < -0.39 is 0 Å². The zero-order chi connectivity index (χ0) is 11.4. The molecule has 0 radical (unpaired) electrons. The lowest BCUT2D eigenvalue weighted by Crippen LogP contribution is -1.89. The molecule has 0 fully saturated rings. The lowest BCUT2D eigenvalue weighted by molar-refractivity contribution is 1.29. The normalized spacial score (nSPS) is 9.31. The highest BCUT2D eigenvalue weighted by Gasteiger charge is 1.96. The van der Waals surface area contributed by atoms with E-state index in [2.05, 4.69) is 16.8 Å². The Kier molecular flexibility index (Phi) is 3.09. The predicted molar refractivity (Wildman–Crippen MR) is 66.1 cm³/mol. The summed E-state index contributed by atoms with van der Waals surface area (Å²) in [6, 6.07) is 11.0. The summed E-state index contributed by atoms with van der Waals surface area (Å²) in [7, 11) is 0. The highest BCUT2D eigenvalue weighted by Crippen LogP contribution is 2.12. The van der Waals surface area contributed by atoms with Crippen molar-refractivity contribution in [1.82, 2.24) is 4.98 Å². The standard InChI is InChI=1S/C13H9ClN2/c14-11-5-3-9-16-13(11)8-7-10-4-1-2-6-12(10)15/h1-6,9H,15H2. The molecule has 0 bridgehead atoms. The van der Waals surface area contributed by atoms with Gasteiger partial charge in [0, 0.05) is 17.4 Å². The van der Waals surface area contributed by atoms with Gasteiger partial charge >= 0.3 is 0 Å². The van der Waals surface area contributed by atoms with Gasteiger partial charge in [0.2, 0.25) is 0 Å². The number of rotatable bonds is 0. The Labute approximate surface area is 99.1 Å². The number of nitrogens with zero attached hydrogens (tertiary/aromatic N) is 1. The Morgan fingerprint density at radius 1 is 1.06 bits per heavy atom. The minimum atomic E-state index is 0.546. The molecule has 0 atom stereocenters. The van der Waals surface area contributed by atoms with Crippen LogP contribution in [0.15, 0.2) is 42.6 Å². The van der Waals surface area contributed by atoms with Crippen molar-refractivity contribution in [2.75, 3.05) is 5.73 Å². The maximum Gasteiger partial charge on any atom is 0.132 e. The van der Waals surface area contributed by atoms with E-state index in [0.717, 1.165) is 5.56 Å². The molecule has 78 valence electrons. The SMILES string of the molecule is Nc1ccccc1C#Cc1ncccc1Cl. The van der Waals surface area contributed by atoms with Crippen LogP contribution in [0.25, 0.3) is 0 Å². The number of para-hydroxylation sites is 1. The van der Waals surface area contributed by atoms with Crippen molar-refractivity contribution < 1.29 is 0 Å². The molecular formula is C13H9ClN2. The number of pyridine rings is 1. The summed E-state index contributed by atoms with van der Waals surface area (Å²) >= 11 is 5.93. The quantitative estimate of drug-likeness (QED) is 0.556. The minimum Gasteiger partial charge on any atom is -0.398 e. The number of benzene rings is 1. The van der Waals surface area contributed by atoms with Crippen molar-refractivity contribution in [3.8, 4) is 11.8 Å². The summed E-state index contributed by atoms with van der Waals surface area (Å²) in [6.45, 7) is 0. The van der Waals surface area contributed by atoms with E-state index >= 15 is 0 Å². The van der Waals surface area contributed by atoms with E-state index in [9.17, 15) is 0 Å². The third-order valence-electron chi connectivity index (χ3n) is 2.03. The van der Waals surface area contributed by atoms with E-state index in [1.807, 2.05) is 24.3 Å². The van der Waals surface area contributed by atoms with Crippen molar-refractivity contribution in [3.63, 3.8) is 0 Å². The molecule has 2 N–H and O–H groups in total. The molecule has 2 rings (SSSR count). The second-order valence-electron chi connectivity index (χ2n) is 3.17. The third kappa shape index (κ3) is 2.33. The Morgan fingerprint density at radius 2 is 1.88 bits per heavy atom. The smallest absolute Gasteiger partial charge is 0.132 e. The van der Waals surface area contributed by atoms with Crippen molar-refractivity contribution in [1.29, 1.82) is 0 Å². The molecule has 0 saturated heterocycles. The number of nitrogens with two attached hydrogens (primary N) is 1. The molecule has 0 aliphatic carbocycles. The minimum absolute atomic E-state index is 0.546. The van der Waals surface area contributed by atoms with Crippen LogP contribution in [0.4, 0.5) is 5.69 Å². The van der Waals surface area contributed by atoms with Gasteiger partial charge in [0.1, 0.15) is 5.69 Å². The average molecular weight is 229 g/mol. The van der Waals surface area contributed by atoms with Crippen LogP contribution in [-0.2, 0) is 0 Å². The Hall–Kier alpha value is -1.98. The van der Waals surface area contributed by atoms with E-state index in [1.165, 1.54) is 0 Å². The number of aromatic nitrogens is 1. The molecule has 16 heavy (non-hydrogen) atoms. The topological polar surface area (TPSA) is 38.9 Å². The Bertz CT molecular complexity index is 518. The van der Waals surface area contributed by atoms with Crippen LogP contribution in [-0.4, -0.2) is 4.98 Å². The van der Waals surface area contributed by atoms with Crippen LogP contribution < -0.4 is 5.73 Å². The van der Waals surface area contributed by atoms with Crippen LogP contribution in [0.1, 0.15) is 11.3 Å². The first kappa shape index (κ1) is 10.5. The molecule has 2 aromatic rings. The van der Waals surface area contributed by atoms with Gasteiger partial charge in [-0.05, 0) is 30.2 Å². The van der Waals surface area contributed by atoms with Crippen molar-refractivity contribution in [2.24, 2.45) is 0 Å². The first-order valence-electron chi connectivity index (χ1n) is 4.74. The second kappa shape index (κ2) is 4.69. The summed E-state index contributed by atoms with van der Waals surface area (Å²) in [4.78, 5) is 4.08. The number of anilines is 1. The predicted octanol–water partition coefficient (Wildman–Crippen LogP) is 2.72. The molecular weight excluding hydrogens is 220 g/mol. The molecule has 1 aromatic heterocycles. The maximum absolute atomic E-state index is 5.93. The van der Waals surface area contributed by atoms with Gasteiger partial charge in [-0.15, -0.1) is 0 Å². The van der Waals surface area contributed by atoms with Crippen LogP contribution in [0, 0.1) is 11.8 Å². The Balaban J connectivity index is 2.36. The molecule has 0 aliphatic heterocycles. The lowest BCUT2D eigenvalue weighted by Gasteiger charge is -1.95. The van der Waals surface area contributed by atoms with Crippen LogP contribution in [0.5, 0.6) is 0 Å². The molecule has 1 heterocycles. The van der Waals surface area contributed by atoms with Gasteiger partial charge in [0.25, 0.3) is 0 Å². The van der Waals surface area contributed by atoms with Gasteiger partial charge in [-0.25, -0.2) is 4.98 Å². The molecule has 2 nitrogen and oxygen atoms in total. The number of hydrogen-bond donors (Lipinski definition) is 1. The van der Waals surface area contributed by atoms with E-state index in [0.29, 0.717) is 16.4 Å². The fraction of sp³-hybridized carbons (Fsp3) is 0. The van der Waals surface area contributed by atoms with Gasteiger partial charge in [0.15, 0.2) is 0 Å². The van der Waals surface area contributed by atoms with E-state index in [4.69, 9.17) is 17.3 Å². The molecule has 0 saturated carbocycles. The zero-order valence-electron chi connectivity index (χ0n) is 8.44. The molecule has 3 heteroatoms. The Morgan fingerprint density at radius 3 is 2.62 bits per heavy atom. The fourth-order valence-electron chi connectivity index (χ4n) is 1.22. The summed E-state index contributed by atoms with van der Waals surface area (Å²) in [5.74, 6) is 5.85. The molecule has 0 amide bonds. The van der Waals surface area contributed by atoms with Crippen molar-refractivity contribution in [3.05, 3.63) is 58.9 Å². The number of nitrogen functional groups attached to an aromatic ring is 1. The zero-order valence-corrected chi connectivity index (χ0v) is 9.20. The van der Waals surface area contributed by atoms with Gasteiger partial charge in [0.05, 0.1) is 5.02 Å². The average Bonchev–Trinajstić information content (AvgIpc) is 2.30. The highest BCUT2D eigenvalue weighted by atomic mass is 35.5. The monoisotopic (exact) mass is 228 g/mol. The molecule has 1 aromatic carbocycles. The van der Waals surface area contributed by atoms with Crippen LogP contribution in [0.2, 0.25) is 5.02 Å². The van der Waals surface area contributed by atoms with Gasteiger partial charge < -0.3 is 5.73 Å². The second-order valence-corrected chi connectivity index (χ2v) is 3.58. The van der Waals surface area contributed by atoms with E-state index in [1.54, 1.807) is 18.3 Å². The van der Waals surface area contributed by atoms with Gasteiger partial charge in [-0.3, -0.25) is 0 Å². The van der Waals surface area contributed by atoms with Gasteiger partial charge in [-0.1, -0.05) is 29.7 Å². The van der Waals surface area contributed by atoms with Crippen molar-refractivity contribution in [2.45, 2.75) is 0 Å². The summed E-state index contributed by atoms with van der Waals surface area (Å²) in [6.07, 6.45) is 1.66. The first-order chi connectivity index (χ1) is 7.77. The number of hydrogen-bond acceptors (Lipinski definition) is 2. The first-order valence-corrected chi connectivity index (χ1v) is 5.12.